The van der Waals surface area contributed by atoms with E-state index < -0.39 is 6.04 Å². The predicted molar refractivity (Wildman–Crippen MR) is 76.1 cm³/mol. The maximum absolute atomic E-state index is 13.3. The van der Waals surface area contributed by atoms with Crippen LogP contribution in [0, 0.1) is 5.82 Å². The summed E-state index contributed by atoms with van der Waals surface area (Å²) in [6, 6.07) is 12.2. The third kappa shape index (κ3) is 2.07. The van der Waals surface area contributed by atoms with Gasteiger partial charge in [-0.3, -0.25) is 4.79 Å². The standard InChI is InChI=1S/C15H12ClFN2O/c16-10-6-4-9(5-7-10)14-13(18)15(20)19(14)12-3-1-2-11(17)8-12/h1-8,13-14H,18H2/t13-,14-/m0/s1. The van der Waals surface area contributed by atoms with Crippen molar-refractivity contribution in [2.45, 2.75) is 12.1 Å². The van der Waals surface area contributed by atoms with Gasteiger partial charge in [0.25, 0.3) is 0 Å². The van der Waals surface area contributed by atoms with Crippen LogP contribution in [0.15, 0.2) is 48.5 Å². The Labute approximate surface area is 120 Å². The van der Waals surface area contributed by atoms with Crippen LogP contribution < -0.4 is 10.6 Å². The first-order valence-corrected chi connectivity index (χ1v) is 6.55. The van der Waals surface area contributed by atoms with Gasteiger partial charge < -0.3 is 10.6 Å². The average molecular weight is 291 g/mol. The molecule has 2 aromatic rings. The van der Waals surface area contributed by atoms with Crippen LogP contribution in [0.3, 0.4) is 0 Å². The Bertz CT molecular complexity index is 659. The van der Waals surface area contributed by atoms with Gasteiger partial charge in [-0.2, -0.15) is 0 Å². The highest BCUT2D eigenvalue weighted by Crippen LogP contribution is 2.38. The van der Waals surface area contributed by atoms with Gasteiger partial charge in [-0.15, -0.1) is 0 Å². The van der Waals surface area contributed by atoms with E-state index in [1.54, 1.807) is 24.3 Å². The lowest BCUT2D eigenvalue weighted by Gasteiger charge is -2.45. The minimum atomic E-state index is -0.612. The van der Waals surface area contributed by atoms with Crippen molar-refractivity contribution in [3.63, 3.8) is 0 Å². The molecule has 0 saturated carbocycles. The van der Waals surface area contributed by atoms with Crippen molar-refractivity contribution < 1.29 is 9.18 Å². The third-order valence-electron chi connectivity index (χ3n) is 3.44. The fraction of sp³-hybridized carbons (Fsp3) is 0.133. The van der Waals surface area contributed by atoms with Crippen LogP contribution in [-0.2, 0) is 4.79 Å². The Morgan fingerprint density at radius 3 is 2.50 bits per heavy atom. The molecule has 0 radical (unpaired) electrons. The number of anilines is 1. The molecule has 5 heteroatoms. The number of benzene rings is 2. The molecule has 3 rings (SSSR count). The van der Waals surface area contributed by atoms with Gasteiger partial charge in [-0.1, -0.05) is 29.8 Å². The lowest BCUT2D eigenvalue weighted by Crippen LogP contribution is -2.63. The molecule has 1 aliphatic heterocycles. The van der Waals surface area contributed by atoms with E-state index in [4.69, 9.17) is 17.3 Å². The molecule has 0 bridgehead atoms. The normalized spacial score (nSPS) is 21.8. The zero-order chi connectivity index (χ0) is 14.3. The summed E-state index contributed by atoms with van der Waals surface area (Å²) < 4.78 is 13.3. The quantitative estimate of drug-likeness (QED) is 0.865. The summed E-state index contributed by atoms with van der Waals surface area (Å²) in [6.07, 6.45) is 0. The average Bonchev–Trinajstić information content (AvgIpc) is 2.45. The smallest absolute Gasteiger partial charge is 0.247 e. The number of halogens is 2. The number of hydrogen-bond acceptors (Lipinski definition) is 2. The molecule has 0 aliphatic carbocycles. The highest BCUT2D eigenvalue weighted by atomic mass is 35.5. The largest absolute Gasteiger partial charge is 0.318 e. The molecule has 20 heavy (non-hydrogen) atoms. The molecular formula is C15H12ClFN2O. The molecule has 3 nitrogen and oxygen atoms in total. The van der Waals surface area contributed by atoms with E-state index >= 15 is 0 Å². The number of amides is 1. The van der Waals surface area contributed by atoms with Gasteiger partial charge in [0.15, 0.2) is 0 Å². The number of carbonyl (C=O) groups excluding carboxylic acids is 1. The van der Waals surface area contributed by atoms with Gasteiger partial charge in [0.2, 0.25) is 5.91 Å². The first kappa shape index (κ1) is 13.1. The number of carbonyl (C=O) groups is 1. The van der Waals surface area contributed by atoms with E-state index in [0.29, 0.717) is 10.7 Å². The summed E-state index contributed by atoms with van der Waals surface area (Å²) in [6.45, 7) is 0. The molecule has 1 saturated heterocycles. The second-order valence-electron chi connectivity index (χ2n) is 4.71. The molecule has 0 aromatic heterocycles. The number of nitrogens with two attached hydrogens (primary N) is 1. The molecular weight excluding hydrogens is 279 g/mol. The van der Waals surface area contributed by atoms with Crippen molar-refractivity contribution in [3.05, 3.63) is 64.9 Å². The van der Waals surface area contributed by atoms with Crippen molar-refractivity contribution in [3.8, 4) is 0 Å². The second-order valence-corrected chi connectivity index (χ2v) is 5.15. The highest BCUT2D eigenvalue weighted by molar-refractivity contribution is 6.30. The van der Waals surface area contributed by atoms with Crippen molar-refractivity contribution in [1.82, 2.24) is 0 Å². The van der Waals surface area contributed by atoms with Gasteiger partial charge in [-0.25, -0.2) is 4.39 Å². The number of nitrogens with zero attached hydrogens (tertiary/aromatic N) is 1. The van der Waals surface area contributed by atoms with Crippen molar-refractivity contribution in [1.29, 1.82) is 0 Å². The van der Waals surface area contributed by atoms with Crippen molar-refractivity contribution in [2.24, 2.45) is 5.73 Å². The monoisotopic (exact) mass is 290 g/mol. The van der Waals surface area contributed by atoms with Crippen molar-refractivity contribution >= 4 is 23.2 Å². The summed E-state index contributed by atoms with van der Waals surface area (Å²) >= 11 is 5.86. The first-order valence-electron chi connectivity index (χ1n) is 6.17. The van der Waals surface area contributed by atoms with E-state index in [1.807, 2.05) is 12.1 Å². The van der Waals surface area contributed by atoms with Gasteiger partial charge in [0.05, 0.1) is 6.04 Å². The van der Waals surface area contributed by atoms with Crippen LogP contribution in [-0.4, -0.2) is 11.9 Å². The summed E-state index contributed by atoms with van der Waals surface area (Å²) in [7, 11) is 0. The first-order chi connectivity index (χ1) is 9.58. The van der Waals surface area contributed by atoms with Crippen LogP contribution in [0.5, 0.6) is 0 Å². The van der Waals surface area contributed by atoms with Gasteiger partial charge >= 0.3 is 0 Å². The van der Waals surface area contributed by atoms with Gasteiger partial charge in [0, 0.05) is 10.7 Å². The molecule has 2 atom stereocenters. The SMILES string of the molecule is N[C@@H]1C(=O)N(c2cccc(F)c2)[C@H]1c1ccc(Cl)cc1. The van der Waals surface area contributed by atoms with Gasteiger partial charge in [-0.05, 0) is 35.9 Å². The van der Waals surface area contributed by atoms with E-state index in [9.17, 15) is 9.18 Å². The van der Waals surface area contributed by atoms with E-state index in [0.717, 1.165) is 5.56 Å². The van der Waals surface area contributed by atoms with Crippen LogP contribution in [0.1, 0.15) is 11.6 Å². The topological polar surface area (TPSA) is 46.3 Å². The molecule has 1 aliphatic rings. The highest BCUT2D eigenvalue weighted by Gasteiger charge is 2.46. The molecule has 1 fully saturated rings. The third-order valence-corrected chi connectivity index (χ3v) is 3.69. The lowest BCUT2D eigenvalue weighted by atomic mass is 9.88. The van der Waals surface area contributed by atoms with Crippen LogP contribution >= 0.6 is 11.6 Å². The van der Waals surface area contributed by atoms with Crippen LogP contribution in [0.25, 0.3) is 0 Å². The summed E-state index contributed by atoms with van der Waals surface area (Å²) in [4.78, 5) is 13.5. The maximum Gasteiger partial charge on any atom is 0.247 e. The Balaban J connectivity index is 1.97. The Morgan fingerprint density at radius 1 is 1.15 bits per heavy atom. The summed E-state index contributed by atoms with van der Waals surface area (Å²) in [5.41, 5.74) is 7.28. The van der Waals surface area contributed by atoms with Crippen LogP contribution in [0.2, 0.25) is 5.02 Å². The number of hydrogen-bond donors (Lipinski definition) is 1. The minimum Gasteiger partial charge on any atom is -0.318 e. The molecule has 102 valence electrons. The fourth-order valence-corrected chi connectivity index (χ4v) is 2.57. The van der Waals surface area contributed by atoms with E-state index in [2.05, 4.69) is 0 Å². The number of rotatable bonds is 2. The molecule has 2 aromatic carbocycles. The molecule has 2 N–H and O–H groups in total. The zero-order valence-electron chi connectivity index (χ0n) is 10.5. The summed E-state index contributed by atoms with van der Waals surface area (Å²) in [5.74, 6) is -0.596. The van der Waals surface area contributed by atoms with Gasteiger partial charge in [0.1, 0.15) is 11.9 Å². The van der Waals surface area contributed by atoms with Crippen LogP contribution in [0.4, 0.5) is 10.1 Å². The van der Waals surface area contributed by atoms with Crippen molar-refractivity contribution in [2.75, 3.05) is 4.90 Å². The fourth-order valence-electron chi connectivity index (χ4n) is 2.44. The maximum atomic E-state index is 13.3. The zero-order valence-corrected chi connectivity index (χ0v) is 11.2. The Morgan fingerprint density at radius 2 is 1.85 bits per heavy atom. The molecule has 0 unspecified atom stereocenters. The minimum absolute atomic E-state index is 0.212. The predicted octanol–water partition coefficient (Wildman–Crippen LogP) is 2.89. The molecule has 0 spiro atoms. The molecule has 1 heterocycles. The second kappa shape index (κ2) is 4.89. The molecule has 1 amide bonds. The van der Waals surface area contributed by atoms with E-state index in [-0.39, 0.29) is 17.8 Å². The van der Waals surface area contributed by atoms with E-state index in [1.165, 1.54) is 17.0 Å². The number of β-lactam (4-membered cyclic amide) rings is 1. The Hall–Kier alpha value is -1.91. The Kier molecular flexibility index (Phi) is 3.20. The summed E-state index contributed by atoms with van der Waals surface area (Å²) in [5, 5.41) is 0.616. The lowest BCUT2D eigenvalue weighted by molar-refractivity contribution is -0.126.